The van der Waals surface area contributed by atoms with Crippen molar-refractivity contribution in [3.8, 4) is 5.69 Å². The standard InChI is InChI=1S/C22H25ClN6O/c1-15-6-4-12-28(19(15)14-25-20-9-8-17(23)13-24-20)22(30)18-7-3-5-16(2)21(18)29-26-10-11-27-29/h3,5,7-11,13,15,19H,4,6,12,14H2,1-2H3,(H,24,25)/t15-,19?/m1/s1. The summed E-state index contributed by atoms with van der Waals surface area (Å²) in [5, 5.41) is 12.5. The molecule has 1 saturated heterocycles. The van der Waals surface area contributed by atoms with Gasteiger partial charge in [-0.1, -0.05) is 30.7 Å². The molecule has 1 fully saturated rings. The van der Waals surface area contributed by atoms with Crippen LogP contribution >= 0.6 is 11.6 Å². The number of carbonyl (C=O) groups excluding carboxylic acids is 1. The highest BCUT2D eigenvalue weighted by Gasteiger charge is 2.33. The quantitative estimate of drug-likeness (QED) is 0.670. The number of likely N-dealkylation sites (tertiary alicyclic amines) is 1. The van der Waals surface area contributed by atoms with E-state index in [0.717, 1.165) is 36.5 Å². The average molecular weight is 425 g/mol. The zero-order valence-electron chi connectivity index (χ0n) is 17.1. The van der Waals surface area contributed by atoms with E-state index < -0.39 is 0 Å². The van der Waals surface area contributed by atoms with E-state index in [2.05, 4.69) is 27.4 Å². The number of nitrogens with zero attached hydrogens (tertiary/aromatic N) is 5. The van der Waals surface area contributed by atoms with Gasteiger partial charge in [-0.2, -0.15) is 15.0 Å². The number of rotatable bonds is 5. The molecule has 30 heavy (non-hydrogen) atoms. The number of piperidine rings is 1. The van der Waals surface area contributed by atoms with Crippen LogP contribution in [0.2, 0.25) is 5.02 Å². The first kappa shape index (κ1) is 20.3. The molecule has 0 saturated carbocycles. The normalized spacial score (nSPS) is 19.0. The number of nitrogens with one attached hydrogen (secondary N) is 1. The van der Waals surface area contributed by atoms with Gasteiger partial charge >= 0.3 is 0 Å². The summed E-state index contributed by atoms with van der Waals surface area (Å²) in [4.78, 5) is 21.5. The lowest BCUT2D eigenvalue weighted by Gasteiger charge is -2.40. The van der Waals surface area contributed by atoms with Gasteiger partial charge in [0.25, 0.3) is 5.91 Å². The Morgan fingerprint density at radius 2 is 2.03 bits per heavy atom. The lowest BCUT2D eigenvalue weighted by atomic mass is 9.89. The molecule has 1 amide bonds. The van der Waals surface area contributed by atoms with Gasteiger partial charge in [0.2, 0.25) is 0 Å². The minimum Gasteiger partial charge on any atom is -0.368 e. The molecule has 0 spiro atoms. The maximum Gasteiger partial charge on any atom is 0.256 e. The van der Waals surface area contributed by atoms with E-state index in [1.165, 1.54) is 4.80 Å². The molecule has 2 atom stereocenters. The van der Waals surface area contributed by atoms with Crippen LogP contribution in [0.4, 0.5) is 5.82 Å². The van der Waals surface area contributed by atoms with E-state index >= 15 is 0 Å². The number of aryl methyl sites for hydroxylation is 1. The fraction of sp³-hybridized carbons (Fsp3) is 0.364. The smallest absolute Gasteiger partial charge is 0.256 e. The number of benzene rings is 1. The van der Waals surface area contributed by atoms with Crippen molar-refractivity contribution in [2.24, 2.45) is 5.92 Å². The first-order chi connectivity index (χ1) is 14.5. The molecule has 0 aliphatic carbocycles. The minimum absolute atomic E-state index is 0.00779. The number of hydrogen-bond donors (Lipinski definition) is 1. The molecule has 4 rings (SSSR count). The van der Waals surface area contributed by atoms with Crippen molar-refractivity contribution in [3.05, 3.63) is 65.1 Å². The van der Waals surface area contributed by atoms with E-state index in [-0.39, 0.29) is 11.9 Å². The predicted molar refractivity (Wildman–Crippen MR) is 117 cm³/mol. The number of para-hydroxylation sites is 1. The summed E-state index contributed by atoms with van der Waals surface area (Å²) in [5.41, 5.74) is 2.31. The Hall–Kier alpha value is -2.93. The Morgan fingerprint density at radius 3 is 2.77 bits per heavy atom. The summed E-state index contributed by atoms with van der Waals surface area (Å²) in [6, 6.07) is 9.46. The van der Waals surface area contributed by atoms with Crippen LogP contribution in [0.3, 0.4) is 0 Å². The van der Waals surface area contributed by atoms with Crippen molar-refractivity contribution in [3.63, 3.8) is 0 Å². The molecule has 156 valence electrons. The Balaban J connectivity index is 1.60. The molecule has 1 unspecified atom stereocenters. The third kappa shape index (κ3) is 4.16. The van der Waals surface area contributed by atoms with Crippen LogP contribution in [0.15, 0.2) is 48.9 Å². The number of hydrogen-bond acceptors (Lipinski definition) is 5. The van der Waals surface area contributed by atoms with Crippen molar-refractivity contribution >= 4 is 23.3 Å². The van der Waals surface area contributed by atoms with Gasteiger partial charge in [0, 0.05) is 19.3 Å². The molecule has 2 aromatic heterocycles. The van der Waals surface area contributed by atoms with Gasteiger partial charge in [-0.05, 0) is 49.4 Å². The second kappa shape index (κ2) is 8.83. The molecule has 3 aromatic rings. The summed E-state index contributed by atoms with van der Waals surface area (Å²) in [7, 11) is 0. The van der Waals surface area contributed by atoms with Gasteiger partial charge in [0.1, 0.15) is 11.5 Å². The van der Waals surface area contributed by atoms with E-state index in [1.807, 2.05) is 36.1 Å². The number of halogens is 1. The molecule has 1 aliphatic heterocycles. The van der Waals surface area contributed by atoms with Gasteiger partial charge in [-0.15, -0.1) is 0 Å². The molecule has 1 aromatic carbocycles. The maximum absolute atomic E-state index is 13.7. The Morgan fingerprint density at radius 1 is 1.23 bits per heavy atom. The van der Waals surface area contributed by atoms with Gasteiger partial charge in [-0.25, -0.2) is 4.98 Å². The SMILES string of the molecule is Cc1cccc(C(=O)N2CCC[C@@H](C)C2CNc2ccc(Cl)cn2)c1-n1nccn1. The molecule has 1 aliphatic rings. The van der Waals surface area contributed by atoms with Crippen molar-refractivity contribution in [1.29, 1.82) is 0 Å². The molecule has 3 heterocycles. The molecule has 8 heteroatoms. The van der Waals surface area contributed by atoms with Crippen LogP contribution in [-0.4, -0.2) is 49.9 Å². The number of anilines is 1. The summed E-state index contributed by atoms with van der Waals surface area (Å²) >= 11 is 5.93. The number of carbonyl (C=O) groups is 1. The van der Waals surface area contributed by atoms with Crippen LogP contribution in [0.5, 0.6) is 0 Å². The summed E-state index contributed by atoms with van der Waals surface area (Å²) in [6.45, 7) is 5.53. The molecule has 7 nitrogen and oxygen atoms in total. The first-order valence-corrected chi connectivity index (χ1v) is 10.5. The highest BCUT2D eigenvalue weighted by atomic mass is 35.5. The van der Waals surface area contributed by atoms with Crippen LogP contribution in [0, 0.1) is 12.8 Å². The van der Waals surface area contributed by atoms with E-state index in [0.29, 0.717) is 23.0 Å². The van der Waals surface area contributed by atoms with Crippen molar-refractivity contribution in [2.75, 3.05) is 18.4 Å². The molecular formula is C22H25ClN6O. The second-order valence-corrected chi connectivity index (χ2v) is 8.15. The van der Waals surface area contributed by atoms with Crippen molar-refractivity contribution < 1.29 is 4.79 Å². The van der Waals surface area contributed by atoms with Gasteiger partial charge < -0.3 is 10.2 Å². The topological polar surface area (TPSA) is 75.9 Å². The Labute approximate surface area is 181 Å². The van der Waals surface area contributed by atoms with E-state index in [9.17, 15) is 4.79 Å². The molecule has 0 radical (unpaired) electrons. The minimum atomic E-state index is 0.00779. The van der Waals surface area contributed by atoms with Gasteiger partial charge in [0.15, 0.2) is 0 Å². The monoisotopic (exact) mass is 424 g/mol. The highest BCUT2D eigenvalue weighted by molar-refractivity contribution is 6.30. The largest absolute Gasteiger partial charge is 0.368 e. The predicted octanol–water partition coefficient (Wildman–Crippen LogP) is 3.98. The van der Waals surface area contributed by atoms with E-state index in [4.69, 9.17) is 11.6 Å². The summed E-state index contributed by atoms with van der Waals surface area (Å²) < 4.78 is 0. The van der Waals surface area contributed by atoms with Crippen LogP contribution < -0.4 is 5.32 Å². The van der Waals surface area contributed by atoms with Crippen LogP contribution in [0.25, 0.3) is 5.69 Å². The lowest BCUT2D eigenvalue weighted by Crippen LogP contribution is -2.51. The first-order valence-electron chi connectivity index (χ1n) is 10.2. The van der Waals surface area contributed by atoms with Gasteiger partial charge in [0.05, 0.1) is 29.0 Å². The van der Waals surface area contributed by atoms with Crippen LogP contribution in [0.1, 0.15) is 35.7 Å². The fourth-order valence-electron chi connectivity index (χ4n) is 4.08. The zero-order chi connectivity index (χ0) is 21.1. The lowest BCUT2D eigenvalue weighted by molar-refractivity contribution is 0.0539. The number of amides is 1. The maximum atomic E-state index is 13.7. The van der Waals surface area contributed by atoms with Gasteiger partial charge in [-0.3, -0.25) is 4.79 Å². The summed E-state index contributed by atoms with van der Waals surface area (Å²) in [5.74, 6) is 1.13. The Kier molecular flexibility index (Phi) is 5.99. The molecular weight excluding hydrogens is 400 g/mol. The number of aromatic nitrogens is 4. The average Bonchev–Trinajstić information content (AvgIpc) is 3.27. The van der Waals surface area contributed by atoms with E-state index in [1.54, 1.807) is 24.7 Å². The number of pyridine rings is 1. The van der Waals surface area contributed by atoms with Crippen molar-refractivity contribution in [2.45, 2.75) is 32.7 Å². The second-order valence-electron chi connectivity index (χ2n) is 7.72. The third-order valence-electron chi connectivity index (χ3n) is 5.68. The molecule has 0 bridgehead atoms. The van der Waals surface area contributed by atoms with Crippen molar-refractivity contribution in [1.82, 2.24) is 24.9 Å². The molecule has 1 N–H and O–H groups in total. The summed E-state index contributed by atoms with van der Waals surface area (Å²) in [6.07, 6.45) is 6.94. The fourth-order valence-corrected chi connectivity index (χ4v) is 4.20. The van der Waals surface area contributed by atoms with Crippen LogP contribution in [-0.2, 0) is 0 Å². The zero-order valence-corrected chi connectivity index (χ0v) is 17.9. The highest BCUT2D eigenvalue weighted by Crippen LogP contribution is 2.28. The third-order valence-corrected chi connectivity index (χ3v) is 5.91. The Bertz CT molecular complexity index is 1000.